The van der Waals surface area contributed by atoms with Gasteiger partial charge in [-0.15, -0.1) is 0 Å². The Hall–Kier alpha value is -0.760. The van der Waals surface area contributed by atoms with Crippen molar-refractivity contribution in [3.8, 4) is 0 Å². The molecule has 0 aliphatic carbocycles. The fourth-order valence-electron chi connectivity index (χ4n) is 6.28. The van der Waals surface area contributed by atoms with Gasteiger partial charge in [0, 0.05) is 6.42 Å². The van der Waals surface area contributed by atoms with Gasteiger partial charge in [0.15, 0.2) is 0 Å². The number of quaternary nitrogens is 1. The van der Waals surface area contributed by atoms with Crippen LogP contribution in [0, 0.1) is 0 Å². The molecule has 0 bridgehead atoms. The number of carbonyl (C=O) groups is 1. The van der Waals surface area contributed by atoms with Gasteiger partial charge in [0.25, 0.3) is 0 Å². The Kier molecular flexibility index (Phi) is 34.5. The minimum Gasteiger partial charge on any atom is -0.391 e. The molecule has 0 aromatic heterocycles. The second-order valence-corrected chi connectivity index (χ2v) is 17.5. The molecule has 51 heavy (non-hydrogen) atoms. The lowest BCUT2D eigenvalue weighted by Gasteiger charge is -2.26. The lowest BCUT2D eigenvalue weighted by Crippen LogP contribution is -2.46. The van der Waals surface area contributed by atoms with E-state index in [-0.39, 0.29) is 19.1 Å². The number of nitrogens with zero attached hydrogens (tertiary/aromatic N) is 1. The number of phosphoric acid groups is 1. The molecule has 1 amide bonds. The molecule has 0 aliphatic rings. The molecule has 0 saturated heterocycles. The van der Waals surface area contributed by atoms with Crippen molar-refractivity contribution in [2.24, 2.45) is 0 Å². The third-order valence-corrected chi connectivity index (χ3v) is 10.7. The molecule has 0 aliphatic heterocycles. The van der Waals surface area contributed by atoms with Gasteiger partial charge in [-0.2, -0.15) is 0 Å². The quantitative estimate of drug-likeness (QED) is 0.0250. The Morgan fingerprint density at radius 1 is 0.647 bits per heavy atom. The van der Waals surface area contributed by atoms with Crippen molar-refractivity contribution in [1.29, 1.82) is 0 Å². The van der Waals surface area contributed by atoms with Crippen molar-refractivity contribution >= 4 is 13.7 Å². The zero-order chi connectivity index (χ0) is 37.9. The summed E-state index contributed by atoms with van der Waals surface area (Å²) < 4.78 is 23.6. The number of nitrogens with one attached hydrogen (secondary N) is 1. The van der Waals surface area contributed by atoms with E-state index < -0.39 is 20.0 Å². The number of rotatable bonds is 39. The zero-order valence-electron chi connectivity index (χ0n) is 34.4. The normalized spacial score (nSPS) is 14.6. The number of amides is 1. The van der Waals surface area contributed by atoms with E-state index in [2.05, 4.69) is 31.3 Å². The highest BCUT2D eigenvalue weighted by atomic mass is 31.2. The molecular formula is C42H86N2O6P+. The maximum atomic E-state index is 12.8. The summed E-state index contributed by atoms with van der Waals surface area (Å²) in [6.07, 6.45) is 38.1. The van der Waals surface area contributed by atoms with Crippen LogP contribution in [0.5, 0.6) is 0 Å². The standard InChI is InChI=1S/C42H85N2O6P/c1-6-8-10-12-14-16-18-19-20-21-22-23-24-25-26-27-29-31-33-35-41(45)40(39-50-51(47,48)49-38-37-44(3,4)5)43-42(46)36-34-32-30-28-17-15-13-11-9-7-2/h11,13,40-41,45H,6-10,12,14-39H2,1-5H3,(H-,43,46,47,48)/p+1/b13-11-. The fraction of sp³-hybridized carbons (Fsp3) is 0.929. The highest BCUT2D eigenvalue weighted by Gasteiger charge is 2.28. The third kappa shape index (κ3) is 37.4. The Bertz CT molecular complexity index is 850. The predicted molar refractivity (Wildman–Crippen MR) is 217 cm³/mol. The van der Waals surface area contributed by atoms with Crippen LogP contribution in [0.25, 0.3) is 0 Å². The first-order chi connectivity index (χ1) is 24.5. The Morgan fingerprint density at radius 2 is 1.10 bits per heavy atom. The topological polar surface area (TPSA) is 105 Å². The average molecular weight is 746 g/mol. The first-order valence-electron chi connectivity index (χ1n) is 21.6. The Labute approximate surface area is 316 Å². The van der Waals surface area contributed by atoms with Gasteiger partial charge in [-0.3, -0.25) is 13.8 Å². The van der Waals surface area contributed by atoms with Gasteiger partial charge in [0.1, 0.15) is 13.2 Å². The number of likely N-dealkylation sites (N-methyl/N-ethyl adjacent to an activating group) is 1. The summed E-state index contributed by atoms with van der Waals surface area (Å²) in [5, 5.41) is 13.9. The van der Waals surface area contributed by atoms with Crippen LogP contribution in [0.2, 0.25) is 0 Å². The summed E-state index contributed by atoms with van der Waals surface area (Å²) in [5.74, 6) is -0.156. The van der Waals surface area contributed by atoms with Crippen LogP contribution in [-0.4, -0.2) is 73.4 Å². The van der Waals surface area contributed by atoms with Crippen molar-refractivity contribution in [3.05, 3.63) is 12.2 Å². The molecule has 0 fully saturated rings. The number of hydrogen-bond donors (Lipinski definition) is 3. The fourth-order valence-corrected chi connectivity index (χ4v) is 7.02. The maximum Gasteiger partial charge on any atom is 0.472 e. The molecular weight excluding hydrogens is 659 g/mol. The highest BCUT2D eigenvalue weighted by Crippen LogP contribution is 2.43. The average Bonchev–Trinajstić information content (AvgIpc) is 3.07. The summed E-state index contributed by atoms with van der Waals surface area (Å²) in [5.41, 5.74) is 0. The second kappa shape index (κ2) is 35.0. The van der Waals surface area contributed by atoms with E-state index in [1.54, 1.807) is 0 Å². The summed E-state index contributed by atoms with van der Waals surface area (Å²) in [6, 6.07) is -0.759. The monoisotopic (exact) mass is 746 g/mol. The van der Waals surface area contributed by atoms with Gasteiger partial charge in [-0.1, -0.05) is 174 Å². The number of unbranched alkanes of at least 4 members (excludes halogenated alkanes) is 24. The van der Waals surface area contributed by atoms with Crippen molar-refractivity contribution in [2.75, 3.05) is 40.9 Å². The number of aliphatic hydroxyl groups is 1. The van der Waals surface area contributed by atoms with Crippen molar-refractivity contribution in [1.82, 2.24) is 5.32 Å². The van der Waals surface area contributed by atoms with Crippen molar-refractivity contribution in [3.63, 3.8) is 0 Å². The summed E-state index contributed by atoms with van der Waals surface area (Å²) in [6.45, 7) is 4.82. The van der Waals surface area contributed by atoms with E-state index in [4.69, 9.17) is 9.05 Å². The molecule has 0 heterocycles. The van der Waals surface area contributed by atoms with E-state index in [1.807, 2.05) is 21.1 Å². The Morgan fingerprint density at radius 3 is 1.59 bits per heavy atom. The van der Waals surface area contributed by atoms with Crippen LogP contribution in [0.15, 0.2) is 12.2 Å². The number of phosphoric ester groups is 1. The van der Waals surface area contributed by atoms with Crippen LogP contribution in [0.4, 0.5) is 0 Å². The second-order valence-electron chi connectivity index (χ2n) is 16.1. The molecule has 0 aromatic carbocycles. The lowest BCUT2D eigenvalue weighted by atomic mass is 10.0. The van der Waals surface area contributed by atoms with E-state index in [1.165, 1.54) is 116 Å². The van der Waals surface area contributed by atoms with E-state index in [0.717, 1.165) is 57.8 Å². The molecule has 304 valence electrons. The smallest absolute Gasteiger partial charge is 0.391 e. The molecule has 3 N–H and O–H groups in total. The van der Waals surface area contributed by atoms with Crippen molar-refractivity contribution < 1.29 is 32.9 Å². The summed E-state index contributed by atoms with van der Waals surface area (Å²) >= 11 is 0. The van der Waals surface area contributed by atoms with Gasteiger partial charge < -0.3 is 19.8 Å². The van der Waals surface area contributed by atoms with Gasteiger partial charge in [0.2, 0.25) is 5.91 Å². The summed E-state index contributed by atoms with van der Waals surface area (Å²) in [7, 11) is 1.61. The van der Waals surface area contributed by atoms with Gasteiger partial charge in [-0.25, -0.2) is 4.57 Å². The number of carbonyl (C=O) groups excluding carboxylic acids is 1. The Balaban J connectivity index is 4.30. The van der Waals surface area contributed by atoms with E-state index in [0.29, 0.717) is 23.9 Å². The summed E-state index contributed by atoms with van der Waals surface area (Å²) in [4.78, 5) is 23.0. The number of hydrogen-bond acceptors (Lipinski definition) is 5. The molecule has 3 atom stereocenters. The number of aliphatic hydroxyl groups excluding tert-OH is 1. The first-order valence-corrected chi connectivity index (χ1v) is 23.0. The van der Waals surface area contributed by atoms with E-state index in [9.17, 15) is 19.4 Å². The van der Waals surface area contributed by atoms with Crippen LogP contribution < -0.4 is 5.32 Å². The third-order valence-electron chi connectivity index (χ3n) is 9.74. The largest absolute Gasteiger partial charge is 0.472 e. The first kappa shape index (κ1) is 50.2. The van der Waals surface area contributed by atoms with Gasteiger partial charge in [-0.05, 0) is 32.1 Å². The van der Waals surface area contributed by atoms with Crippen LogP contribution in [-0.2, 0) is 18.4 Å². The molecule has 9 heteroatoms. The highest BCUT2D eigenvalue weighted by molar-refractivity contribution is 7.47. The minimum atomic E-state index is -4.31. The maximum absolute atomic E-state index is 12.8. The molecule has 0 radical (unpaired) electrons. The van der Waals surface area contributed by atoms with Crippen LogP contribution >= 0.6 is 7.82 Å². The van der Waals surface area contributed by atoms with Gasteiger partial charge >= 0.3 is 7.82 Å². The molecule has 0 aromatic rings. The molecule has 0 spiro atoms. The number of allylic oxidation sites excluding steroid dienone is 2. The zero-order valence-corrected chi connectivity index (χ0v) is 35.3. The predicted octanol–water partition coefficient (Wildman–Crippen LogP) is 11.6. The lowest BCUT2D eigenvalue weighted by molar-refractivity contribution is -0.870. The molecule has 8 nitrogen and oxygen atoms in total. The molecule has 3 unspecified atom stereocenters. The van der Waals surface area contributed by atoms with E-state index >= 15 is 0 Å². The van der Waals surface area contributed by atoms with Gasteiger partial charge in [0.05, 0.1) is 39.9 Å². The molecule has 0 rings (SSSR count). The van der Waals surface area contributed by atoms with Crippen LogP contribution in [0.1, 0.15) is 200 Å². The van der Waals surface area contributed by atoms with Crippen LogP contribution in [0.3, 0.4) is 0 Å². The minimum absolute atomic E-state index is 0.0746. The molecule has 0 saturated carbocycles. The SMILES string of the molecule is CCC/C=C\CCCCCCCC(=O)NC(COP(=O)(O)OCC[N+](C)(C)C)C(O)CCCCCCCCCCCCCCCCCCCCC. The van der Waals surface area contributed by atoms with Crippen molar-refractivity contribution in [2.45, 2.75) is 212 Å².